The number of fused-ring (bicyclic) bond motifs is 3. The first kappa shape index (κ1) is 42.1. The fourth-order valence-electron chi connectivity index (χ4n) is 7.91. The maximum Gasteiger partial charge on any atom is 2.00 e. The number of pyridine rings is 1. The Morgan fingerprint density at radius 1 is 0.596 bits per heavy atom. The minimum atomic E-state index is -0.152. The van der Waals surface area contributed by atoms with Crippen LogP contribution in [0.5, 0.6) is 11.5 Å². The first-order valence-corrected chi connectivity index (χ1v) is 19.9. The van der Waals surface area contributed by atoms with Gasteiger partial charge in [-0.3, -0.25) is 4.68 Å². The van der Waals surface area contributed by atoms with Crippen LogP contribution in [0.25, 0.3) is 44.4 Å². The van der Waals surface area contributed by atoms with E-state index in [-0.39, 0.29) is 42.1 Å². The van der Waals surface area contributed by atoms with Crippen molar-refractivity contribution in [1.29, 1.82) is 0 Å². The normalized spacial score (nSPS) is 12.7. The van der Waals surface area contributed by atoms with Gasteiger partial charge in [0.05, 0.1) is 5.69 Å². The van der Waals surface area contributed by atoms with Gasteiger partial charge < -0.3 is 9.30 Å². The van der Waals surface area contributed by atoms with E-state index in [4.69, 9.17) is 14.8 Å². The SMILES string of the molecule is Cc1cc(C(C)(C)C)c(-c2c(C)nn(-c3[c-]c(Oc4[c-]c5c(cc4)c4ccccc4n5-c4cc(C(C)(C)C)ccn4)cc(C(C)(C)C)c3)c2C)c(C(C)(C)C)c1.[Pd+2]. The van der Waals surface area contributed by atoms with Crippen molar-refractivity contribution in [2.24, 2.45) is 0 Å². The van der Waals surface area contributed by atoms with Crippen molar-refractivity contribution in [1.82, 2.24) is 19.3 Å². The Morgan fingerprint density at radius 2 is 1.23 bits per heavy atom. The Labute approximate surface area is 354 Å². The van der Waals surface area contributed by atoms with Gasteiger partial charge in [-0.1, -0.05) is 124 Å². The predicted molar refractivity (Wildman–Crippen MR) is 234 cm³/mol. The van der Waals surface area contributed by atoms with Crippen molar-refractivity contribution in [3.8, 4) is 34.1 Å². The molecule has 0 fully saturated rings. The summed E-state index contributed by atoms with van der Waals surface area (Å²) in [6.07, 6.45) is 1.91. The summed E-state index contributed by atoms with van der Waals surface area (Å²) in [6.45, 7) is 33.8. The maximum atomic E-state index is 6.77. The summed E-state index contributed by atoms with van der Waals surface area (Å²) in [5.41, 5.74) is 13.4. The zero-order valence-corrected chi connectivity index (χ0v) is 38.1. The van der Waals surface area contributed by atoms with E-state index >= 15 is 0 Å². The molecule has 0 N–H and O–H groups in total. The van der Waals surface area contributed by atoms with Crippen LogP contribution in [0.2, 0.25) is 0 Å². The van der Waals surface area contributed by atoms with E-state index in [0.29, 0.717) is 11.5 Å². The summed E-state index contributed by atoms with van der Waals surface area (Å²) in [7, 11) is 0. The quantitative estimate of drug-likeness (QED) is 0.128. The van der Waals surface area contributed by atoms with Crippen LogP contribution in [-0.4, -0.2) is 19.3 Å². The molecular weight excluding hydrogens is 791 g/mol. The summed E-state index contributed by atoms with van der Waals surface area (Å²) < 4.78 is 11.0. The van der Waals surface area contributed by atoms with E-state index < -0.39 is 0 Å². The van der Waals surface area contributed by atoms with Gasteiger partial charge in [0.1, 0.15) is 5.82 Å². The number of nitrogens with zero attached hydrogens (tertiary/aromatic N) is 4. The summed E-state index contributed by atoms with van der Waals surface area (Å²) in [5, 5.41) is 7.49. The van der Waals surface area contributed by atoms with Gasteiger partial charge in [-0.25, -0.2) is 4.98 Å². The van der Waals surface area contributed by atoms with E-state index in [2.05, 4.69) is 192 Å². The van der Waals surface area contributed by atoms with E-state index in [1.807, 2.05) is 12.3 Å². The van der Waals surface area contributed by atoms with Crippen molar-refractivity contribution >= 4 is 21.8 Å². The summed E-state index contributed by atoms with van der Waals surface area (Å²) in [6, 6.07) is 33.2. The fraction of sp³-hybridized carbons (Fsp3) is 0.373. The molecule has 6 heteroatoms. The third kappa shape index (κ3) is 8.01. The number of aromatic nitrogens is 4. The van der Waals surface area contributed by atoms with E-state index in [0.717, 1.165) is 50.3 Å². The Hall–Kier alpha value is -4.50. The van der Waals surface area contributed by atoms with Crippen LogP contribution in [0, 0.1) is 32.9 Å². The minimum Gasteiger partial charge on any atom is -0.509 e. The van der Waals surface area contributed by atoms with Crippen molar-refractivity contribution in [3.63, 3.8) is 0 Å². The summed E-state index contributed by atoms with van der Waals surface area (Å²) in [4.78, 5) is 4.86. The molecule has 298 valence electrons. The molecule has 0 bridgehead atoms. The molecule has 0 aliphatic carbocycles. The second kappa shape index (κ2) is 14.7. The Bertz CT molecular complexity index is 2600. The number of hydrogen-bond acceptors (Lipinski definition) is 3. The van der Waals surface area contributed by atoms with Gasteiger partial charge in [0.25, 0.3) is 0 Å². The van der Waals surface area contributed by atoms with Crippen molar-refractivity contribution < 1.29 is 25.2 Å². The summed E-state index contributed by atoms with van der Waals surface area (Å²) in [5.74, 6) is 2.09. The minimum absolute atomic E-state index is 0. The molecule has 7 aromatic rings. The van der Waals surface area contributed by atoms with Crippen LogP contribution in [0.15, 0.2) is 79.0 Å². The van der Waals surface area contributed by atoms with Gasteiger partial charge in [-0.2, -0.15) is 11.2 Å². The number of aryl methyl sites for hydroxylation is 2. The van der Waals surface area contributed by atoms with Crippen molar-refractivity contribution in [2.75, 3.05) is 0 Å². The molecule has 0 aliphatic rings. The number of hydrogen-bond donors (Lipinski definition) is 0. The largest absolute Gasteiger partial charge is 2.00 e. The molecule has 0 unspecified atom stereocenters. The number of benzene rings is 4. The topological polar surface area (TPSA) is 44.9 Å². The zero-order valence-electron chi connectivity index (χ0n) is 36.5. The second-order valence-electron chi connectivity index (χ2n) is 19.8. The Kier molecular flexibility index (Phi) is 10.9. The Morgan fingerprint density at radius 3 is 1.84 bits per heavy atom. The first-order chi connectivity index (χ1) is 26.0. The molecule has 0 spiro atoms. The molecule has 0 radical (unpaired) electrons. The van der Waals surface area contributed by atoms with Crippen molar-refractivity contribution in [2.45, 2.75) is 126 Å². The second-order valence-corrected chi connectivity index (χ2v) is 19.8. The van der Waals surface area contributed by atoms with Crippen LogP contribution in [0.1, 0.15) is 122 Å². The molecule has 0 saturated heterocycles. The standard InChI is InChI=1S/C51H58N4O.Pd/c1-31-24-41(50(10,11)12)47(42(25-31)51(13,14)15)46-32(2)53-55(33(46)3)36-26-35(49(7,8)9)27-38(29-36)56-37-20-21-40-39-18-16-17-19-43(39)54(44(40)30-37)45-28-34(22-23-52-45)48(4,5)6;/h16-28H,1-15H3;/q-2;+2. The molecule has 3 heterocycles. The van der Waals surface area contributed by atoms with Gasteiger partial charge >= 0.3 is 20.4 Å². The monoisotopic (exact) mass is 848 g/mol. The Balaban J connectivity index is 0.00000549. The summed E-state index contributed by atoms with van der Waals surface area (Å²) >= 11 is 0. The number of ether oxygens (including phenoxy) is 1. The van der Waals surface area contributed by atoms with Gasteiger partial charge in [0.2, 0.25) is 0 Å². The number of rotatable bonds is 5. The molecule has 0 amide bonds. The van der Waals surface area contributed by atoms with Gasteiger partial charge in [0.15, 0.2) is 0 Å². The maximum absolute atomic E-state index is 6.77. The molecule has 0 saturated carbocycles. The third-order valence-electron chi connectivity index (χ3n) is 11.0. The van der Waals surface area contributed by atoms with Crippen LogP contribution in [-0.2, 0) is 42.1 Å². The van der Waals surface area contributed by atoms with Crippen LogP contribution in [0.3, 0.4) is 0 Å². The molecule has 7 rings (SSSR count). The van der Waals surface area contributed by atoms with Crippen LogP contribution in [0.4, 0.5) is 0 Å². The van der Waals surface area contributed by atoms with Gasteiger partial charge in [-0.15, -0.1) is 41.3 Å². The third-order valence-corrected chi connectivity index (χ3v) is 11.0. The van der Waals surface area contributed by atoms with E-state index in [9.17, 15) is 0 Å². The zero-order chi connectivity index (χ0) is 40.7. The smallest absolute Gasteiger partial charge is 0.509 e. The average molecular weight is 849 g/mol. The molecule has 0 aliphatic heterocycles. The molecule has 0 atom stereocenters. The molecule has 57 heavy (non-hydrogen) atoms. The van der Waals surface area contributed by atoms with Gasteiger partial charge in [-0.05, 0) is 94.0 Å². The van der Waals surface area contributed by atoms with Crippen LogP contribution >= 0.6 is 0 Å². The number of para-hydroxylation sites is 1. The molecule has 5 nitrogen and oxygen atoms in total. The molecule has 4 aromatic carbocycles. The average Bonchev–Trinajstić information content (AvgIpc) is 3.58. The van der Waals surface area contributed by atoms with E-state index in [1.54, 1.807) is 0 Å². The van der Waals surface area contributed by atoms with Gasteiger partial charge in [0, 0.05) is 34.5 Å². The predicted octanol–water partition coefficient (Wildman–Crippen LogP) is 13.5. The van der Waals surface area contributed by atoms with Crippen LogP contribution < -0.4 is 4.74 Å². The van der Waals surface area contributed by atoms with Crippen molar-refractivity contribution in [3.05, 3.63) is 130 Å². The first-order valence-electron chi connectivity index (χ1n) is 19.9. The molecule has 3 aromatic heterocycles. The molecular formula is C51H58N4OPd. The fourth-order valence-corrected chi connectivity index (χ4v) is 7.91. The van der Waals surface area contributed by atoms with E-state index in [1.165, 1.54) is 33.4 Å².